The van der Waals surface area contributed by atoms with Crippen LogP contribution >= 0.6 is 0 Å². The summed E-state index contributed by atoms with van der Waals surface area (Å²) in [6, 6.07) is 1.23. The Morgan fingerprint density at radius 1 is 1.29 bits per heavy atom. The molecule has 0 spiro atoms. The van der Waals surface area contributed by atoms with Crippen molar-refractivity contribution in [2.24, 2.45) is 12.5 Å². The molecule has 0 radical (unpaired) electrons. The number of carboxylic acid groups (broad SMARTS) is 1. The smallest absolute Gasteiger partial charge is 0.352 e. The topological polar surface area (TPSA) is 79.6 Å². The monoisotopic (exact) mass is 314 g/mol. The number of aryl methyl sites for hydroxylation is 1. The van der Waals surface area contributed by atoms with Gasteiger partial charge < -0.3 is 9.67 Å². The minimum Gasteiger partial charge on any atom is -0.477 e. The van der Waals surface area contributed by atoms with Crippen molar-refractivity contribution in [1.29, 1.82) is 0 Å². The third-order valence-electron chi connectivity index (χ3n) is 4.14. The second-order valence-corrected chi connectivity index (χ2v) is 8.34. The van der Waals surface area contributed by atoms with Gasteiger partial charge in [-0.1, -0.05) is 13.8 Å². The van der Waals surface area contributed by atoms with Gasteiger partial charge in [0.15, 0.2) is 0 Å². The Bertz CT molecular complexity index is 646. The Balaban J connectivity index is 2.29. The highest BCUT2D eigenvalue weighted by Crippen LogP contribution is 2.32. The minimum atomic E-state index is -3.62. The van der Waals surface area contributed by atoms with E-state index in [2.05, 4.69) is 13.8 Å². The Morgan fingerprint density at radius 3 is 2.52 bits per heavy atom. The summed E-state index contributed by atoms with van der Waals surface area (Å²) < 4.78 is 28.1. The Hall–Kier alpha value is -1.34. The molecule has 0 aliphatic carbocycles. The van der Waals surface area contributed by atoms with Gasteiger partial charge >= 0.3 is 5.97 Å². The largest absolute Gasteiger partial charge is 0.477 e. The number of carboxylic acids is 1. The van der Waals surface area contributed by atoms with Gasteiger partial charge in [0.2, 0.25) is 10.0 Å². The van der Waals surface area contributed by atoms with E-state index in [1.807, 2.05) is 0 Å². The molecular formula is C14H22N2O4S. The van der Waals surface area contributed by atoms with Crippen LogP contribution in [0.3, 0.4) is 0 Å². The average molecular weight is 314 g/mol. The predicted octanol–water partition coefficient (Wildman–Crippen LogP) is 1.92. The van der Waals surface area contributed by atoms with Gasteiger partial charge in [0.1, 0.15) is 10.6 Å². The summed E-state index contributed by atoms with van der Waals surface area (Å²) in [5.74, 6) is -1.13. The summed E-state index contributed by atoms with van der Waals surface area (Å²) in [6.45, 7) is 5.26. The molecule has 7 heteroatoms. The number of aromatic carboxylic acids is 1. The predicted molar refractivity (Wildman–Crippen MR) is 78.8 cm³/mol. The molecule has 1 aliphatic heterocycles. The SMILES string of the molecule is Cn1cc(S(=O)(=O)N2CCCC(C)(C)CC2)cc1C(=O)O. The van der Waals surface area contributed by atoms with Crippen LogP contribution in [0.15, 0.2) is 17.2 Å². The molecule has 0 aromatic carbocycles. The molecule has 1 aromatic rings. The standard InChI is InChI=1S/C14H22N2O4S/c1-14(2)5-4-7-16(8-6-14)21(19,20)11-9-12(13(17)18)15(3)10-11/h9-10H,4-8H2,1-3H3,(H,17,18). The van der Waals surface area contributed by atoms with Gasteiger partial charge in [-0.05, 0) is 30.7 Å². The normalized spacial score (nSPS) is 20.1. The van der Waals surface area contributed by atoms with Gasteiger partial charge in [-0.3, -0.25) is 0 Å². The molecule has 21 heavy (non-hydrogen) atoms. The first-order chi connectivity index (χ1) is 9.63. The third-order valence-corrected chi connectivity index (χ3v) is 6.00. The van der Waals surface area contributed by atoms with Crippen LogP contribution in [0.4, 0.5) is 0 Å². The molecule has 1 saturated heterocycles. The molecule has 0 bridgehead atoms. The molecule has 0 unspecified atom stereocenters. The average Bonchev–Trinajstić information content (AvgIpc) is 2.66. The summed E-state index contributed by atoms with van der Waals surface area (Å²) in [5.41, 5.74) is 0.122. The first-order valence-electron chi connectivity index (χ1n) is 7.03. The third kappa shape index (κ3) is 3.29. The maximum Gasteiger partial charge on any atom is 0.352 e. The molecule has 0 atom stereocenters. The molecule has 1 aromatic heterocycles. The second-order valence-electron chi connectivity index (χ2n) is 6.40. The van der Waals surface area contributed by atoms with Gasteiger partial charge in [0.05, 0.1) is 0 Å². The zero-order chi connectivity index (χ0) is 15.8. The number of carbonyl (C=O) groups is 1. The van der Waals surface area contributed by atoms with E-state index in [-0.39, 0.29) is 16.0 Å². The molecule has 2 heterocycles. The van der Waals surface area contributed by atoms with Crippen molar-refractivity contribution in [1.82, 2.24) is 8.87 Å². The van der Waals surface area contributed by atoms with Crippen molar-refractivity contribution in [3.8, 4) is 0 Å². The van der Waals surface area contributed by atoms with Crippen LogP contribution in [0.1, 0.15) is 43.6 Å². The van der Waals surface area contributed by atoms with Crippen molar-refractivity contribution < 1.29 is 18.3 Å². The molecule has 1 aliphatic rings. The van der Waals surface area contributed by atoms with Crippen LogP contribution in [0.2, 0.25) is 0 Å². The zero-order valence-corrected chi connectivity index (χ0v) is 13.5. The highest BCUT2D eigenvalue weighted by atomic mass is 32.2. The van der Waals surface area contributed by atoms with Crippen molar-refractivity contribution >= 4 is 16.0 Å². The maximum atomic E-state index is 12.7. The molecule has 0 saturated carbocycles. The summed E-state index contributed by atoms with van der Waals surface area (Å²) >= 11 is 0. The van der Waals surface area contributed by atoms with E-state index in [9.17, 15) is 13.2 Å². The molecule has 1 N–H and O–H groups in total. The van der Waals surface area contributed by atoms with Crippen molar-refractivity contribution in [3.05, 3.63) is 18.0 Å². The first kappa shape index (κ1) is 16.0. The number of nitrogens with zero attached hydrogens (tertiary/aromatic N) is 2. The van der Waals surface area contributed by atoms with E-state index in [4.69, 9.17) is 5.11 Å². The first-order valence-corrected chi connectivity index (χ1v) is 8.47. The lowest BCUT2D eigenvalue weighted by atomic mass is 9.85. The number of sulfonamides is 1. The zero-order valence-electron chi connectivity index (χ0n) is 12.7. The van der Waals surface area contributed by atoms with Crippen molar-refractivity contribution in [2.75, 3.05) is 13.1 Å². The van der Waals surface area contributed by atoms with Gasteiger partial charge in [-0.25, -0.2) is 13.2 Å². The lowest BCUT2D eigenvalue weighted by Crippen LogP contribution is -2.32. The van der Waals surface area contributed by atoms with Crippen LogP contribution in [0.5, 0.6) is 0 Å². The molecule has 2 rings (SSSR count). The number of aromatic nitrogens is 1. The highest BCUT2D eigenvalue weighted by molar-refractivity contribution is 7.89. The Kier molecular flexibility index (Phi) is 4.17. The lowest BCUT2D eigenvalue weighted by Gasteiger charge is -2.22. The summed E-state index contributed by atoms with van der Waals surface area (Å²) in [4.78, 5) is 11.1. The van der Waals surface area contributed by atoms with E-state index >= 15 is 0 Å². The van der Waals surface area contributed by atoms with Gasteiger partial charge in [0.25, 0.3) is 0 Å². The molecule has 0 amide bonds. The van der Waals surface area contributed by atoms with Crippen LogP contribution < -0.4 is 0 Å². The van der Waals surface area contributed by atoms with E-state index in [1.165, 1.54) is 28.2 Å². The number of hydrogen-bond donors (Lipinski definition) is 1. The molecular weight excluding hydrogens is 292 g/mol. The van der Waals surface area contributed by atoms with Crippen molar-refractivity contribution in [2.45, 2.75) is 38.0 Å². The van der Waals surface area contributed by atoms with Crippen LogP contribution in [-0.4, -0.2) is 41.5 Å². The van der Waals surface area contributed by atoms with E-state index in [0.717, 1.165) is 19.3 Å². The summed E-state index contributed by atoms with van der Waals surface area (Å²) in [6.07, 6.45) is 4.00. The maximum absolute atomic E-state index is 12.7. The van der Waals surface area contributed by atoms with Crippen LogP contribution in [0.25, 0.3) is 0 Å². The number of rotatable bonds is 3. The van der Waals surface area contributed by atoms with E-state index in [1.54, 1.807) is 0 Å². The van der Waals surface area contributed by atoms with E-state index in [0.29, 0.717) is 13.1 Å². The molecule has 1 fully saturated rings. The second kappa shape index (κ2) is 5.46. The molecule has 118 valence electrons. The summed E-state index contributed by atoms with van der Waals surface area (Å²) in [5, 5.41) is 9.04. The van der Waals surface area contributed by atoms with E-state index < -0.39 is 16.0 Å². The van der Waals surface area contributed by atoms with Gasteiger partial charge in [-0.15, -0.1) is 0 Å². The highest BCUT2D eigenvalue weighted by Gasteiger charge is 2.31. The quantitative estimate of drug-likeness (QED) is 0.924. The fourth-order valence-electron chi connectivity index (χ4n) is 2.68. The molecule has 6 nitrogen and oxygen atoms in total. The van der Waals surface area contributed by atoms with Crippen LogP contribution in [-0.2, 0) is 17.1 Å². The minimum absolute atomic E-state index is 0.0243. The Labute approximate surface area is 125 Å². The Morgan fingerprint density at radius 2 is 1.95 bits per heavy atom. The van der Waals surface area contributed by atoms with Gasteiger partial charge in [0, 0.05) is 26.3 Å². The van der Waals surface area contributed by atoms with Crippen molar-refractivity contribution in [3.63, 3.8) is 0 Å². The lowest BCUT2D eigenvalue weighted by molar-refractivity contribution is 0.0686. The van der Waals surface area contributed by atoms with Gasteiger partial charge in [-0.2, -0.15) is 4.31 Å². The number of hydrogen-bond acceptors (Lipinski definition) is 3. The fraction of sp³-hybridized carbons (Fsp3) is 0.643. The van der Waals surface area contributed by atoms with Crippen LogP contribution in [0, 0.1) is 5.41 Å². The fourth-order valence-corrected chi connectivity index (χ4v) is 4.23. The summed E-state index contributed by atoms with van der Waals surface area (Å²) in [7, 11) is -2.09.